The highest BCUT2D eigenvalue weighted by Gasteiger charge is 2.38. The van der Waals surface area contributed by atoms with Crippen molar-refractivity contribution in [1.82, 2.24) is 15.2 Å². The van der Waals surface area contributed by atoms with E-state index in [0.29, 0.717) is 23.4 Å². The third kappa shape index (κ3) is 5.36. The summed E-state index contributed by atoms with van der Waals surface area (Å²) in [4.78, 5) is 19.6. The van der Waals surface area contributed by atoms with Crippen molar-refractivity contribution in [3.05, 3.63) is 48.2 Å². The average molecular weight is 453 g/mol. The molecule has 0 bridgehead atoms. The van der Waals surface area contributed by atoms with Crippen LogP contribution < -0.4 is 15.4 Å². The van der Waals surface area contributed by atoms with Crippen molar-refractivity contribution in [2.24, 2.45) is 5.41 Å². The Labute approximate surface area is 190 Å². The van der Waals surface area contributed by atoms with Crippen molar-refractivity contribution in [1.29, 1.82) is 0 Å². The second-order valence-corrected chi connectivity index (χ2v) is 7.70. The third-order valence-corrected chi connectivity index (χ3v) is 5.91. The minimum atomic E-state index is 0. The van der Waals surface area contributed by atoms with Crippen LogP contribution in [0.2, 0.25) is 0 Å². The number of aromatic nitrogens is 1. The normalized spacial score (nSPS) is 17.0. The van der Waals surface area contributed by atoms with Crippen LogP contribution in [0.5, 0.6) is 5.75 Å². The van der Waals surface area contributed by atoms with E-state index in [1.165, 1.54) is 6.42 Å². The van der Waals surface area contributed by atoms with Crippen LogP contribution in [-0.2, 0) is 0 Å². The Morgan fingerprint density at radius 2 is 1.90 bits per heavy atom. The maximum Gasteiger partial charge on any atom is 0.257 e. The van der Waals surface area contributed by atoms with E-state index in [1.807, 2.05) is 48.2 Å². The van der Waals surface area contributed by atoms with Crippen LogP contribution in [0, 0.1) is 5.41 Å². The molecule has 3 heterocycles. The van der Waals surface area contributed by atoms with E-state index in [-0.39, 0.29) is 30.7 Å². The molecule has 2 N–H and O–H groups in total. The number of anilines is 2. The Kier molecular flexibility index (Phi) is 8.77. The minimum absolute atomic E-state index is 0. The first kappa shape index (κ1) is 24.3. The summed E-state index contributed by atoms with van der Waals surface area (Å²) in [5.41, 5.74) is 1.90. The molecule has 2 saturated heterocycles. The van der Waals surface area contributed by atoms with Gasteiger partial charge in [0.25, 0.3) is 5.91 Å². The fourth-order valence-corrected chi connectivity index (χ4v) is 4.19. The van der Waals surface area contributed by atoms with Gasteiger partial charge in [-0.3, -0.25) is 4.79 Å². The number of nitrogens with zero attached hydrogens (tertiary/aromatic N) is 2. The highest BCUT2D eigenvalue weighted by molar-refractivity contribution is 5.99. The van der Waals surface area contributed by atoms with Crippen LogP contribution >= 0.6 is 24.8 Å². The van der Waals surface area contributed by atoms with Gasteiger partial charge in [-0.15, -0.1) is 24.8 Å². The molecule has 2 aliphatic rings. The first-order chi connectivity index (χ1) is 13.7. The molecule has 0 aliphatic carbocycles. The highest BCUT2D eigenvalue weighted by atomic mass is 35.5. The fraction of sp³-hybridized carbons (Fsp3) is 0.455. The number of nitrogens with one attached hydrogen (secondary N) is 2. The van der Waals surface area contributed by atoms with Crippen molar-refractivity contribution >= 4 is 42.2 Å². The smallest absolute Gasteiger partial charge is 0.257 e. The molecule has 2 aromatic rings. The van der Waals surface area contributed by atoms with Crippen LogP contribution in [-0.4, -0.2) is 48.6 Å². The van der Waals surface area contributed by atoms with E-state index in [2.05, 4.69) is 15.6 Å². The number of hydrogen-bond donors (Lipinski definition) is 2. The van der Waals surface area contributed by atoms with Gasteiger partial charge in [-0.05, 0) is 74.5 Å². The summed E-state index contributed by atoms with van der Waals surface area (Å²) in [5.74, 6) is 1.48. The minimum Gasteiger partial charge on any atom is -0.494 e. The number of amides is 1. The van der Waals surface area contributed by atoms with Gasteiger partial charge < -0.3 is 20.3 Å². The van der Waals surface area contributed by atoms with E-state index in [1.54, 1.807) is 6.20 Å². The molecule has 1 amide bonds. The number of benzene rings is 1. The van der Waals surface area contributed by atoms with Crippen molar-refractivity contribution in [3.8, 4) is 5.75 Å². The van der Waals surface area contributed by atoms with Crippen molar-refractivity contribution < 1.29 is 9.53 Å². The number of piperidine rings is 1. The van der Waals surface area contributed by atoms with E-state index in [4.69, 9.17) is 4.74 Å². The maximum atomic E-state index is 13.2. The first-order valence-corrected chi connectivity index (χ1v) is 10.1. The van der Waals surface area contributed by atoms with Crippen molar-refractivity contribution in [2.75, 3.05) is 38.1 Å². The van der Waals surface area contributed by atoms with Gasteiger partial charge in [-0.2, -0.15) is 0 Å². The number of carbonyl (C=O) groups excluding carboxylic acids is 1. The summed E-state index contributed by atoms with van der Waals surface area (Å²) >= 11 is 0. The average Bonchev–Trinajstić information content (AvgIpc) is 3.18. The monoisotopic (exact) mass is 452 g/mol. The van der Waals surface area contributed by atoms with Crippen molar-refractivity contribution in [2.45, 2.75) is 26.2 Å². The van der Waals surface area contributed by atoms with Gasteiger partial charge in [0, 0.05) is 31.5 Å². The molecule has 1 spiro atoms. The molecular weight excluding hydrogens is 423 g/mol. The van der Waals surface area contributed by atoms with Gasteiger partial charge in [0.05, 0.1) is 12.2 Å². The summed E-state index contributed by atoms with van der Waals surface area (Å²) in [7, 11) is 0. The number of hydrogen-bond acceptors (Lipinski definition) is 5. The Bertz CT molecular complexity index is 816. The van der Waals surface area contributed by atoms with E-state index in [0.717, 1.165) is 50.5 Å². The number of pyridine rings is 1. The quantitative estimate of drug-likeness (QED) is 0.708. The van der Waals surface area contributed by atoms with Crippen LogP contribution in [0.3, 0.4) is 0 Å². The lowest BCUT2D eigenvalue weighted by Gasteiger charge is -2.39. The summed E-state index contributed by atoms with van der Waals surface area (Å²) in [6, 6.07) is 11.4. The number of ether oxygens (including phenoxy) is 1. The maximum absolute atomic E-state index is 13.2. The molecule has 30 heavy (non-hydrogen) atoms. The van der Waals surface area contributed by atoms with Gasteiger partial charge >= 0.3 is 0 Å². The molecule has 0 atom stereocenters. The van der Waals surface area contributed by atoms with E-state index < -0.39 is 0 Å². The number of carbonyl (C=O) groups is 1. The zero-order valence-electron chi connectivity index (χ0n) is 17.2. The third-order valence-electron chi connectivity index (χ3n) is 5.91. The standard InChI is InChI=1S/C22H28N4O2.2ClH/c1-2-28-18-7-5-17(6-8-18)25-20-19(4-3-12-24-20)21(27)26-14-10-22(11-15-26)9-13-23-16-22;;/h3-8,12,23H,2,9-11,13-16H2,1H3,(H,24,25);2*1H. The van der Waals surface area contributed by atoms with Crippen LogP contribution in [0.15, 0.2) is 42.6 Å². The molecule has 1 aromatic carbocycles. The van der Waals surface area contributed by atoms with Gasteiger partial charge in [-0.25, -0.2) is 4.98 Å². The van der Waals surface area contributed by atoms with Gasteiger partial charge in [0.15, 0.2) is 0 Å². The zero-order valence-corrected chi connectivity index (χ0v) is 18.9. The molecule has 6 nitrogen and oxygen atoms in total. The summed E-state index contributed by atoms with van der Waals surface area (Å²) in [6.45, 7) is 6.43. The first-order valence-electron chi connectivity index (χ1n) is 10.1. The molecule has 8 heteroatoms. The van der Waals surface area contributed by atoms with Crippen molar-refractivity contribution in [3.63, 3.8) is 0 Å². The zero-order chi connectivity index (χ0) is 19.4. The Hall–Kier alpha value is -2.02. The lowest BCUT2D eigenvalue weighted by atomic mass is 9.78. The van der Waals surface area contributed by atoms with Gasteiger partial charge in [0.2, 0.25) is 0 Å². The Balaban J connectivity index is 0.00000160. The second-order valence-electron chi connectivity index (χ2n) is 7.70. The Morgan fingerprint density at radius 3 is 2.53 bits per heavy atom. The Morgan fingerprint density at radius 1 is 1.17 bits per heavy atom. The van der Waals surface area contributed by atoms with Crippen LogP contribution in [0.4, 0.5) is 11.5 Å². The summed E-state index contributed by atoms with van der Waals surface area (Å²) in [5, 5.41) is 6.76. The summed E-state index contributed by atoms with van der Waals surface area (Å²) in [6.07, 6.45) is 5.09. The number of halogens is 2. The molecule has 2 fully saturated rings. The number of rotatable bonds is 5. The van der Waals surface area contributed by atoms with E-state index >= 15 is 0 Å². The van der Waals surface area contributed by atoms with Gasteiger partial charge in [0.1, 0.15) is 11.6 Å². The van der Waals surface area contributed by atoms with Crippen LogP contribution in [0.1, 0.15) is 36.5 Å². The molecule has 0 unspecified atom stereocenters. The molecule has 4 rings (SSSR count). The SMILES string of the molecule is CCOc1ccc(Nc2ncccc2C(=O)N2CCC3(CCNC3)CC2)cc1.Cl.Cl. The largest absolute Gasteiger partial charge is 0.494 e. The topological polar surface area (TPSA) is 66.5 Å². The predicted octanol–water partition coefficient (Wildman–Crippen LogP) is 4.28. The molecule has 0 radical (unpaired) electrons. The number of likely N-dealkylation sites (tertiary alicyclic amines) is 1. The second kappa shape index (κ2) is 10.8. The fourth-order valence-electron chi connectivity index (χ4n) is 4.19. The summed E-state index contributed by atoms with van der Waals surface area (Å²) < 4.78 is 5.48. The molecule has 164 valence electrons. The lowest BCUT2D eigenvalue weighted by Crippen LogP contribution is -2.44. The molecule has 2 aliphatic heterocycles. The van der Waals surface area contributed by atoms with Gasteiger partial charge in [-0.1, -0.05) is 0 Å². The lowest BCUT2D eigenvalue weighted by molar-refractivity contribution is 0.0608. The van der Waals surface area contributed by atoms with E-state index in [9.17, 15) is 4.79 Å². The molecular formula is C22H30Cl2N4O2. The molecule has 1 aromatic heterocycles. The van der Waals surface area contributed by atoms with Crippen LogP contribution in [0.25, 0.3) is 0 Å². The molecule has 0 saturated carbocycles. The highest BCUT2D eigenvalue weighted by Crippen LogP contribution is 2.37. The predicted molar refractivity (Wildman–Crippen MR) is 125 cm³/mol.